The number of likely N-dealkylation sites (N-methyl/N-ethyl adjacent to an activating group) is 1. The maximum absolute atomic E-state index is 13.6. The fourth-order valence-electron chi connectivity index (χ4n) is 9.81. The third kappa shape index (κ3) is 66.6. The number of nitrogens with zero attached hydrogens (tertiary/aromatic N) is 1. The second-order valence-corrected chi connectivity index (χ2v) is 26.5. The van der Waals surface area contributed by atoms with Gasteiger partial charge in [-0.1, -0.05) is 290 Å². The molecule has 504 valence electrons. The predicted molar refractivity (Wildman–Crippen MR) is 383 cm³/mol. The molecule has 0 fully saturated rings. The fourth-order valence-corrected chi connectivity index (χ4v) is 10.5. The Hall–Kier alpha value is -3.85. The molecule has 9 nitrogen and oxygen atoms in total. The van der Waals surface area contributed by atoms with Crippen LogP contribution in [-0.4, -0.2) is 74.3 Å². The number of quaternary nitrogens is 1. The van der Waals surface area contributed by atoms with Crippen LogP contribution in [0.5, 0.6) is 0 Å². The fraction of sp³-hybridized carbons (Fsp3) is 0.692. The van der Waals surface area contributed by atoms with Crippen LogP contribution < -0.4 is 5.32 Å². The molecular weight excluding hydrogens is 1110 g/mol. The minimum absolute atomic E-state index is 0.0295. The van der Waals surface area contributed by atoms with Crippen molar-refractivity contribution in [3.05, 3.63) is 134 Å². The topological polar surface area (TPSA) is 111 Å². The zero-order valence-corrected chi connectivity index (χ0v) is 58.6. The summed E-state index contributed by atoms with van der Waals surface area (Å²) in [6.07, 6.45) is 94.6. The van der Waals surface area contributed by atoms with Gasteiger partial charge in [0.15, 0.2) is 0 Å². The summed E-state index contributed by atoms with van der Waals surface area (Å²) in [5, 5.41) is 3.06. The summed E-state index contributed by atoms with van der Waals surface area (Å²) >= 11 is 0. The van der Waals surface area contributed by atoms with Crippen LogP contribution in [0.2, 0.25) is 0 Å². The van der Waals surface area contributed by atoms with Crippen LogP contribution in [0.4, 0.5) is 0 Å². The number of nitrogens with one attached hydrogen (secondary N) is 1. The zero-order chi connectivity index (χ0) is 64.2. The highest BCUT2D eigenvalue weighted by Crippen LogP contribution is 2.43. The lowest BCUT2D eigenvalue weighted by molar-refractivity contribution is -0.870. The number of carbonyl (C=O) groups is 2. The molecule has 1 amide bonds. The van der Waals surface area contributed by atoms with Crippen LogP contribution in [0, 0.1) is 0 Å². The van der Waals surface area contributed by atoms with E-state index in [1.165, 1.54) is 109 Å². The SMILES string of the molecule is CC/C=C\C/C=C\C/C=C\C/C=C\C/C=C\C/C=C\CCCCCCCCC(=O)OC(/C=C/CCCCCCCCCCCC)C(COP(=O)(O)OCC[N+](C)(C)C)NC(=O)CCCCCCCCCCC/C=C\C/C=C\C/C=C\C/C=C\CCCCC. The van der Waals surface area contributed by atoms with Gasteiger partial charge in [-0.15, -0.1) is 0 Å². The van der Waals surface area contributed by atoms with Crippen molar-refractivity contribution in [3.8, 4) is 0 Å². The quantitative estimate of drug-likeness (QED) is 0.0205. The van der Waals surface area contributed by atoms with Crippen LogP contribution in [0.15, 0.2) is 134 Å². The normalized spacial score (nSPS) is 14.3. The van der Waals surface area contributed by atoms with Gasteiger partial charge in [0.25, 0.3) is 0 Å². The van der Waals surface area contributed by atoms with E-state index in [0.717, 1.165) is 148 Å². The van der Waals surface area contributed by atoms with Crippen LogP contribution in [0.25, 0.3) is 0 Å². The first kappa shape index (κ1) is 84.2. The van der Waals surface area contributed by atoms with E-state index >= 15 is 0 Å². The second-order valence-electron chi connectivity index (χ2n) is 25.0. The molecule has 2 N–H and O–H groups in total. The minimum atomic E-state index is -4.47. The van der Waals surface area contributed by atoms with Gasteiger partial charge < -0.3 is 19.4 Å². The summed E-state index contributed by atoms with van der Waals surface area (Å²) in [4.78, 5) is 37.9. The molecule has 3 atom stereocenters. The van der Waals surface area contributed by atoms with E-state index in [1.807, 2.05) is 33.3 Å². The molecule has 88 heavy (non-hydrogen) atoms. The highest BCUT2D eigenvalue weighted by atomic mass is 31.2. The van der Waals surface area contributed by atoms with Crippen LogP contribution >= 0.6 is 7.82 Å². The highest BCUT2D eigenvalue weighted by Gasteiger charge is 2.30. The van der Waals surface area contributed by atoms with Gasteiger partial charge in [-0.25, -0.2) is 4.57 Å². The Kier molecular flexibility index (Phi) is 63.2. The van der Waals surface area contributed by atoms with Crippen molar-refractivity contribution in [3.63, 3.8) is 0 Å². The highest BCUT2D eigenvalue weighted by molar-refractivity contribution is 7.47. The van der Waals surface area contributed by atoms with Gasteiger partial charge >= 0.3 is 13.8 Å². The summed E-state index contributed by atoms with van der Waals surface area (Å²) in [5.41, 5.74) is 0. The number of amides is 1. The number of hydrogen-bond donors (Lipinski definition) is 2. The molecule has 0 aliphatic heterocycles. The van der Waals surface area contributed by atoms with Gasteiger partial charge in [0, 0.05) is 12.8 Å². The number of ether oxygens (including phenoxy) is 1. The Bertz CT molecular complexity index is 1970. The lowest BCUT2D eigenvalue weighted by Gasteiger charge is -2.27. The van der Waals surface area contributed by atoms with E-state index in [4.69, 9.17) is 13.8 Å². The van der Waals surface area contributed by atoms with Crippen LogP contribution in [-0.2, 0) is 27.9 Å². The summed E-state index contributed by atoms with van der Waals surface area (Å²) in [6.45, 7) is 6.86. The molecule has 0 saturated heterocycles. The first-order valence-corrected chi connectivity index (χ1v) is 37.5. The number of esters is 1. The van der Waals surface area contributed by atoms with E-state index in [2.05, 4.69) is 148 Å². The third-order valence-electron chi connectivity index (χ3n) is 15.3. The Morgan fingerprint density at radius 2 is 0.727 bits per heavy atom. The summed E-state index contributed by atoms with van der Waals surface area (Å²) in [5.74, 6) is -0.533. The Morgan fingerprint density at radius 3 is 1.11 bits per heavy atom. The van der Waals surface area contributed by atoms with Gasteiger partial charge in [-0.3, -0.25) is 18.6 Å². The molecule has 0 aliphatic carbocycles. The van der Waals surface area contributed by atoms with E-state index in [1.54, 1.807) is 0 Å². The molecule has 0 saturated carbocycles. The third-order valence-corrected chi connectivity index (χ3v) is 16.3. The van der Waals surface area contributed by atoms with Crippen molar-refractivity contribution < 1.29 is 37.3 Å². The lowest BCUT2D eigenvalue weighted by atomic mass is 10.0. The van der Waals surface area contributed by atoms with E-state index in [9.17, 15) is 19.0 Å². The monoisotopic (exact) mass is 1240 g/mol. The molecule has 0 aromatic rings. The second kappa shape index (κ2) is 66.1. The summed E-state index contributed by atoms with van der Waals surface area (Å²) < 4.78 is 30.8. The van der Waals surface area contributed by atoms with Gasteiger partial charge in [0.1, 0.15) is 19.3 Å². The average molecular weight is 1240 g/mol. The van der Waals surface area contributed by atoms with Crippen molar-refractivity contribution in [1.82, 2.24) is 5.32 Å². The molecule has 0 spiro atoms. The Morgan fingerprint density at radius 1 is 0.409 bits per heavy atom. The van der Waals surface area contributed by atoms with Crippen molar-refractivity contribution in [1.29, 1.82) is 0 Å². The van der Waals surface area contributed by atoms with E-state index in [-0.39, 0.29) is 31.5 Å². The summed E-state index contributed by atoms with van der Waals surface area (Å²) in [7, 11) is 1.47. The first-order chi connectivity index (χ1) is 42.9. The molecule has 0 aliphatic rings. The Balaban J connectivity index is 5.13. The number of phosphoric acid groups is 1. The number of rotatable bonds is 64. The van der Waals surface area contributed by atoms with Gasteiger partial charge in [-0.05, 0) is 128 Å². The predicted octanol–water partition coefficient (Wildman–Crippen LogP) is 23.2. The molecule has 10 heteroatoms. The molecule has 0 heterocycles. The van der Waals surface area contributed by atoms with Gasteiger partial charge in [0.2, 0.25) is 5.91 Å². The molecule has 0 aromatic heterocycles. The first-order valence-electron chi connectivity index (χ1n) is 36.0. The van der Waals surface area contributed by atoms with Crippen molar-refractivity contribution in [2.75, 3.05) is 40.9 Å². The number of hydrogen-bond acceptors (Lipinski definition) is 6. The van der Waals surface area contributed by atoms with Gasteiger partial charge in [-0.2, -0.15) is 0 Å². The molecular formula is C78H136N2O7P+. The van der Waals surface area contributed by atoms with Crippen molar-refractivity contribution in [2.24, 2.45) is 0 Å². The zero-order valence-electron chi connectivity index (χ0n) is 57.7. The van der Waals surface area contributed by atoms with E-state index < -0.39 is 20.0 Å². The number of carbonyl (C=O) groups excluding carboxylic acids is 2. The molecule has 0 bridgehead atoms. The van der Waals surface area contributed by atoms with Crippen LogP contribution in [0.1, 0.15) is 297 Å². The molecule has 0 aromatic carbocycles. The Labute approximate surface area is 543 Å². The number of unbranched alkanes of at least 4 members (excludes halogenated alkanes) is 28. The number of phosphoric ester groups is 1. The molecule has 0 rings (SSSR count). The molecule has 0 radical (unpaired) electrons. The lowest BCUT2D eigenvalue weighted by Crippen LogP contribution is -2.47. The largest absolute Gasteiger partial charge is 0.472 e. The van der Waals surface area contributed by atoms with Crippen molar-refractivity contribution in [2.45, 2.75) is 309 Å². The maximum atomic E-state index is 13.6. The maximum Gasteiger partial charge on any atom is 0.472 e. The van der Waals surface area contributed by atoms with Gasteiger partial charge in [0.05, 0.1) is 33.8 Å². The van der Waals surface area contributed by atoms with E-state index in [0.29, 0.717) is 23.9 Å². The van der Waals surface area contributed by atoms with Crippen LogP contribution in [0.3, 0.4) is 0 Å². The average Bonchev–Trinajstić information content (AvgIpc) is 3.52. The summed E-state index contributed by atoms with van der Waals surface area (Å²) in [6, 6.07) is -0.869. The minimum Gasteiger partial charge on any atom is -0.456 e. The molecule has 3 unspecified atom stereocenters. The standard InChI is InChI=1S/C78H135N2O7P/c1-7-10-13-16-19-22-25-28-30-32-34-36-38-40-42-44-46-48-50-52-55-58-61-64-67-70-77(81)79-75(74-86-88(83,84)85-73-72-80(4,5)6)76(69-66-63-60-57-54-27-24-21-18-15-12-9-3)87-78(82)71-68-65-62-59-56-53-51-49-47-45-43-41-39-37-35-33-31-29-26-23-20-17-14-11-8-2/h11,14,19-20,22-23,28-31,34-37,40-43,47,49,66,69,75-76H,7-10,12-13,15-18,21,24-27,32-33,38-39,44-46,48,50-65,67-68,70-74H2,1-6H3,(H-,79,81,83,84)/p+1/b14-11-,22-19-,23-20-,30-28-,31-29-,36-34-,37-35-,42-40-,43-41-,49-47-,69-66+. The smallest absolute Gasteiger partial charge is 0.456 e. The number of allylic oxidation sites excluding steroid dienone is 21. The van der Waals surface area contributed by atoms with Crippen molar-refractivity contribution >= 4 is 19.7 Å².